The molecule has 0 radical (unpaired) electrons. The summed E-state index contributed by atoms with van der Waals surface area (Å²) in [5, 5.41) is 21.6. The molecule has 0 aliphatic rings. The minimum Gasteiger partial charge on any atom is -0.382 e. The number of hydrogen-bond donors (Lipinski definition) is 2. The lowest BCUT2D eigenvalue weighted by Gasteiger charge is -2.09. The molecular formula is C22H18N8. The van der Waals surface area contributed by atoms with Gasteiger partial charge in [-0.05, 0) is 23.8 Å². The standard InChI is InChI=1S/C22H18N8/c1-30-19(8-9-26-22-17(12-24)21(25)27-13-28-22)29-18-7-3-6-16(20(18)30)15-5-2-4-14(10-15)11-23/h2-7,10,13H,8-9H2,1H3,(H3,25,26,27,28). The third-order valence-electron chi connectivity index (χ3n) is 4.92. The largest absolute Gasteiger partial charge is 0.382 e. The Morgan fingerprint density at radius 2 is 1.93 bits per heavy atom. The van der Waals surface area contributed by atoms with E-state index in [1.807, 2.05) is 49.5 Å². The zero-order chi connectivity index (χ0) is 21.1. The number of nitrogens with two attached hydrogens (primary N) is 1. The Bertz CT molecular complexity index is 1320. The molecule has 0 aliphatic heterocycles. The highest BCUT2D eigenvalue weighted by molar-refractivity contribution is 5.92. The van der Waals surface area contributed by atoms with Crippen molar-refractivity contribution >= 4 is 22.7 Å². The number of rotatable bonds is 5. The van der Waals surface area contributed by atoms with Crippen LogP contribution in [-0.4, -0.2) is 26.1 Å². The van der Waals surface area contributed by atoms with E-state index in [4.69, 9.17) is 10.7 Å². The number of imidazole rings is 1. The molecule has 0 saturated carbocycles. The van der Waals surface area contributed by atoms with E-state index in [1.54, 1.807) is 6.07 Å². The fraction of sp³-hybridized carbons (Fsp3) is 0.136. The van der Waals surface area contributed by atoms with Gasteiger partial charge in [0.2, 0.25) is 0 Å². The Morgan fingerprint density at radius 1 is 1.10 bits per heavy atom. The number of nitrogen functional groups attached to an aromatic ring is 1. The van der Waals surface area contributed by atoms with Gasteiger partial charge in [0.15, 0.2) is 0 Å². The highest BCUT2D eigenvalue weighted by Crippen LogP contribution is 2.29. The van der Waals surface area contributed by atoms with Crippen molar-refractivity contribution in [2.24, 2.45) is 7.05 Å². The summed E-state index contributed by atoms with van der Waals surface area (Å²) < 4.78 is 2.06. The van der Waals surface area contributed by atoms with E-state index in [2.05, 4.69) is 25.9 Å². The lowest BCUT2D eigenvalue weighted by atomic mass is 10.0. The first kappa shape index (κ1) is 18.9. The molecule has 4 rings (SSSR count). The van der Waals surface area contributed by atoms with Gasteiger partial charge < -0.3 is 15.6 Å². The van der Waals surface area contributed by atoms with Crippen LogP contribution >= 0.6 is 0 Å². The van der Waals surface area contributed by atoms with E-state index in [1.165, 1.54) is 6.33 Å². The molecule has 2 aromatic heterocycles. The molecule has 0 unspecified atom stereocenters. The molecule has 0 amide bonds. The van der Waals surface area contributed by atoms with Crippen LogP contribution in [0.25, 0.3) is 22.2 Å². The number of nitriles is 2. The molecule has 0 saturated heterocycles. The van der Waals surface area contributed by atoms with Crippen molar-refractivity contribution in [3.05, 3.63) is 65.7 Å². The SMILES string of the molecule is Cn1c(CCNc2ncnc(N)c2C#N)nc2cccc(-c3cccc(C#N)c3)c21. The first-order valence-electron chi connectivity index (χ1n) is 9.31. The summed E-state index contributed by atoms with van der Waals surface area (Å²) in [5.41, 5.74) is 10.5. The van der Waals surface area contributed by atoms with Crippen molar-refractivity contribution in [3.8, 4) is 23.3 Å². The summed E-state index contributed by atoms with van der Waals surface area (Å²) in [7, 11) is 1.98. The van der Waals surface area contributed by atoms with Gasteiger partial charge in [0, 0.05) is 25.6 Å². The summed E-state index contributed by atoms with van der Waals surface area (Å²) in [5.74, 6) is 1.46. The Labute approximate surface area is 173 Å². The number of nitrogens with one attached hydrogen (secondary N) is 1. The predicted molar refractivity (Wildman–Crippen MR) is 114 cm³/mol. The van der Waals surface area contributed by atoms with E-state index in [0.717, 1.165) is 28.0 Å². The lowest BCUT2D eigenvalue weighted by molar-refractivity contribution is 0.806. The van der Waals surface area contributed by atoms with E-state index in [0.29, 0.717) is 24.3 Å². The van der Waals surface area contributed by atoms with Crippen molar-refractivity contribution in [3.63, 3.8) is 0 Å². The molecular weight excluding hydrogens is 376 g/mol. The normalized spacial score (nSPS) is 10.5. The molecule has 8 nitrogen and oxygen atoms in total. The van der Waals surface area contributed by atoms with E-state index in [-0.39, 0.29) is 11.4 Å². The summed E-state index contributed by atoms with van der Waals surface area (Å²) in [6.45, 7) is 0.529. The van der Waals surface area contributed by atoms with Gasteiger partial charge >= 0.3 is 0 Å². The molecule has 146 valence electrons. The van der Waals surface area contributed by atoms with Crippen molar-refractivity contribution in [2.45, 2.75) is 6.42 Å². The molecule has 2 aromatic carbocycles. The van der Waals surface area contributed by atoms with Gasteiger partial charge in [-0.2, -0.15) is 10.5 Å². The first-order valence-corrected chi connectivity index (χ1v) is 9.31. The first-order chi connectivity index (χ1) is 14.6. The highest BCUT2D eigenvalue weighted by atomic mass is 15.1. The zero-order valence-corrected chi connectivity index (χ0v) is 16.3. The average molecular weight is 394 g/mol. The highest BCUT2D eigenvalue weighted by Gasteiger charge is 2.14. The molecule has 3 N–H and O–H groups in total. The number of nitrogens with zero attached hydrogens (tertiary/aromatic N) is 6. The molecule has 8 heteroatoms. The number of para-hydroxylation sites is 1. The number of hydrogen-bond acceptors (Lipinski definition) is 7. The van der Waals surface area contributed by atoms with Gasteiger partial charge in [-0.25, -0.2) is 15.0 Å². The molecule has 2 heterocycles. The van der Waals surface area contributed by atoms with Crippen LogP contribution in [0.1, 0.15) is 17.0 Å². The van der Waals surface area contributed by atoms with Crippen LogP contribution in [-0.2, 0) is 13.5 Å². The van der Waals surface area contributed by atoms with Crippen molar-refractivity contribution in [1.29, 1.82) is 10.5 Å². The maximum atomic E-state index is 9.24. The van der Waals surface area contributed by atoms with Gasteiger partial charge in [-0.15, -0.1) is 0 Å². The van der Waals surface area contributed by atoms with Crippen LogP contribution < -0.4 is 11.1 Å². The number of aryl methyl sites for hydroxylation is 1. The van der Waals surface area contributed by atoms with Crippen molar-refractivity contribution in [1.82, 2.24) is 19.5 Å². The Morgan fingerprint density at radius 3 is 2.73 bits per heavy atom. The molecule has 4 aromatic rings. The molecule has 0 bridgehead atoms. The summed E-state index contributed by atoms with van der Waals surface area (Å²) in [4.78, 5) is 12.7. The summed E-state index contributed by atoms with van der Waals surface area (Å²) in [6.07, 6.45) is 1.95. The monoisotopic (exact) mass is 394 g/mol. The Kier molecular flexibility index (Phi) is 4.98. The number of benzene rings is 2. The third kappa shape index (κ3) is 3.38. The number of fused-ring (bicyclic) bond motifs is 1. The molecule has 0 aliphatic carbocycles. The Hall–Kier alpha value is -4.43. The zero-order valence-electron chi connectivity index (χ0n) is 16.3. The van der Waals surface area contributed by atoms with Crippen molar-refractivity contribution in [2.75, 3.05) is 17.6 Å². The topological polar surface area (TPSA) is 129 Å². The quantitative estimate of drug-likeness (QED) is 0.532. The molecule has 0 spiro atoms. The second kappa shape index (κ2) is 7.90. The van der Waals surface area contributed by atoms with Crippen LogP contribution in [0.5, 0.6) is 0 Å². The van der Waals surface area contributed by atoms with Crippen LogP contribution in [0.4, 0.5) is 11.6 Å². The maximum absolute atomic E-state index is 9.24. The van der Waals surface area contributed by atoms with Crippen LogP contribution in [0, 0.1) is 22.7 Å². The van der Waals surface area contributed by atoms with E-state index in [9.17, 15) is 10.5 Å². The average Bonchev–Trinajstić information content (AvgIpc) is 3.09. The van der Waals surface area contributed by atoms with Gasteiger partial charge in [0.25, 0.3) is 0 Å². The number of anilines is 2. The fourth-order valence-electron chi connectivity index (χ4n) is 3.47. The van der Waals surface area contributed by atoms with Gasteiger partial charge in [0.05, 0.1) is 22.7 Å². The van der Waals surface area contributed by atoms with Gasteiger partial charge in [0.1, 0.15) is 35.4 Å². The van der Waals surface area contributed by atoms with Crippen LogP contribution in [0.15, 0.2) is 48.8 Å². The van der Waals surface area contributed by atoms with Crippen LogP contribution in [0.2, 0.25) is 0 Å². The van der Waals surface area contributed by atoms with E-state index < -0.39 is 0 Å². The van der Waals surface area contributed by atoms with Gasteiger partial charge in [-0.1, -0.05) is 24.3 Å². The smallest absolute Gasteiger partial charge is 0.149 e. The van der Waals surface area contributed by atoms with Gasteiger partial charge in [-0.3, -0.25) is 0 Å². The predicted octanol–water partition coefficient (Wildman–Crippen LogP) is 3.01. The fourth-order valence-corrected chi connectivity index (χ4v) is 3.47. The molecule has 30 heavy (non-hydrogen) atoms. The number of aromatic nitrogens is 4. The second-order valence-electron chi connectivity index (χ2n) is 6.72. The van der Waals surface area contributed by atoms with Crippen LogP contribution in [0.3, 0.4) is 0 Å². The third-order valence-corrected chi connectivity index (χ3v) is 4.92. The van der Waals surface area contributed by atoms with Crippen molar-refractivity contribution < 1.29 is 0 Å². The maximum Gasteiger partial charge on any atom is 0.149 e. The molecule has 0 fully saturated rings. The Balaban J connectivity index is 1.63. The summed E-state index contributed by atoms with van der Waals surface area (Å²) in [6, 6.07) is 17.7. The lowest BCUT2D eigenvalue weighted by Crippen LogP contribution is -2.12. The minimum absolute atomic E-state index is 0.155. The minimum atomic E-state index is 0.155. The molecule has 0 atom stereocenters. The summed E-state index contributed by atoms with van der Waals surface area (Å²) >= 11 is 0. The second-order valence-corrected chi connectivity index (χ2v) is 6.72. The van der Waals surface area contributed by atoms with E-state index >= 15 is 0 Å².